The fourth-order valence-corrected chi connectivity index (χ4v) is 3.12. The fourth-order valence-electron chi connectivity index (χ4n) is 3.12. The molecule has 0 saturated heterocycles. The number of amides is 1. The number of fused-ring (bicyclic) bond motifs is 2. The van der Waals surface area contributed by atoms with Gasteiger partial charge in [-0.1, -0.05) is 6.07 Å². The van der Waals surface area contributed by atoms with Gasteiger partial charge in [0, 0.05) is 29.9 Å². The molecule has 7 heteroatoms. The molecule has 23 heavy (non-hydrogen) atoms. The first-order valence-electron chi connectivity index (χ1n) is 7.18. The summed E-state index contributed by atoms with van der Waals surface area (Å²) in [5.74, 6) is -1.35. The van der Waals surface area contributed by atoms with Crippen molar-refractivity contribution in [2.24, 2.45) is 7.05 Å². The molecule has 116 valence electrons. The Balaban J connectivity index is 1.74. The number of carboxylic acids is 1. The maximum absolute atomic E-state index is 12.8. The van der Waals surface area contributed by atoms with Gasteiger partial charge in [-0.05, 0) is 23.6 Å². The van der Waals surface area contributed by atoms with E-state index in [0.29, 0.717) is 11.1 Å². The monoisotopic (exact) mass is 310 g/mol. The Morgan fingerprint density at radius 1 is 1.35 bits per heavy atom. The minimum absolute atomic E-state index is 0.240. The summed E-state index contributed by atoms with van der Waals surface area (Å²) >= 11 is 0. The molecule has 4 rings (SSSR count). The standard InChI is InChI=1S/C16H14N4O3/c1-19-13-8-20(14(16(22)23)11(13)7-18-19)15(21)10-3-2-9-4-5-17-12(9)6-10/h2-7,14,17H,8H2,1H3,(H,22,23)/t14-/m1/s1. The molecule has 3 heterocycles. The van der Waals surface area contributed by atoms with Crippen molar-refractivity contribution in [3.8, 4) is 0 Å². The summed E-state index contributed by atoms with van der Waals surface area (Å²) in [4.78, 5) is 28.9. The summed E-state index contributed by atoms with van der Waals surface area (Å²) in [6.45, 7) is 0.240. The number of carbonyl (C=O) groups excluding carboxylic acids is 1. The first-order valence-corrected chi connectivity index (χ1v) is 7.18. The van der Waals surface area contributed by atoms with Crippen LogP contribution in [0.4, 0.5) is 0 Å². The van der Waals surface area contributed by atoms with Crippen LogP contribution in [0.2, 0.25) is 0 Å². The predicted molar refractivity (Wildman–Crippen MR) is 81.8 cm³/mol. The molecular weight excluding hydrogens is 296 g/mol. The summed E-state index contributed by atoms with van der Waals surface area (Å²) in [6, 6.07) is 6.24. The molecule has 1 amide bonds. The number of nitrogens with zero attached hydrogens (tertiary/aromatic N) is 3. The Bertz CT molecular complexity index is 940. The van der Waals surface area contributed by atoms with Crippen molar-refractivity contribution < 1.29 is 14.7 Å². The molecule has 1 aliphatic rings. The smallest absolute Gasteiger partial charge is 0.331 e. The highest BCUT2D eigenvalue weighted by molar-refractivity contribution is 6.00. The van der Waals surface area contributed by atoms with Crippen molar-refractivity contribution in [1.29, 1.82) is 0 Å². The third-order valence-electron chi connectivity index (χ3n) is 4.32. The number of carbonyl (C=O) groups is 2. The normalized spacial score (nSPS) is 16.7. The lowest BCUT2D eigenvalue weighted by molar-refractivity contribution is -0.142. The van der Waals surface area contributed by atoms with Crippen molar-refractivity contribution in [2.45, 2.75) is 12.6 Å². The summed E-state index contributed by atoms with van der Waals surface area (Å²) in [5.41, 5.74) is 2.65. The van der Waals surface area contributed by atoms with Crippen LogP contribution in [0.1, 0.15) is 27.7 Å². The van der Waals surface area contributed by atoms with Crippen molar-refractivity contribution >= 4 is 22.8 Å². The number of hydrogen-bond donors (Lipinski definition) is 2. The highest BCUT2D eigenvalue weighted by Gasteiger charge is 2.41. The molecule has 7 nitrogen and oxygen atoms in total. The first-order chi connectivity index (χ1) is 11.1. The van der Waals surface area contributed by atoms with E-state index in [1.165, 1.54) is 11.1 Å². The molecule has 0 spiro atoms. The lowest BCUT2D eigenvalue weighted by Crippen LogP contribution is -2.34. The van der Waals surface area contributed by atoms with E-state index in [2.05, 4.69) is 10.1 Å². The quantitative estimate of drug-likeness (QED) is 0.753. The van der Waals surface area contributed by atoms with Gasteiger partial charge in [0.05, 0.1) is 18.4 Å². The molecule has 0 unspecified atom stereocenters. The predicted octanol–water partition coefficient (Wildman–Crippen LogP) is 1.68. The van der Waals surface area contributed by atoms with E-state index in [-0.39, 0.29) is 12.5 Å². The lowest BCUT2D eigenvalue weighted by Gasteiger charge is -2.22. The average molecular weight is 310 g/mol. The molecule has 0 bridgehead atoms. The zero-order valence-corrected chi connectivity index (χ0v) is 12.4. The number of H-pyrrole nitrogens is 1. The third kappa shape index (κ3) is 1.93. The Kier molecular flexibility index (Phi) is 2.77. The fraction of sp³-hybridized carbons (Fsp3) is 0.188. The van der Waals surface area contributed by atoms with Crippen LogP contribution in [0.25, 0.3) is 10.9 Å². The van der Waals surface area contributed by atoms with Crippen LogP contribution in [0, 0.1) is 0 Å². The van der Waals surface area contributed by atoms with Crippen LogP contribution < -0.4 is 0 Å². The Hall–Kier alpha value is -3.09. The van der Waals surface area contributed by atoms with E-state index in [0.717, 1.165) is 16.6 Å². The maximum Gasteiger partial charge on any atom is 0.331 e. The Labute approximate surface area is 131 Å². The van der Waals surface area contributed by atoms with E-state index in [1.54, 1.807) is 30.1 Å². The molecule has 2 N–H and O–H groups in total. The largest absolute Gasteiger partial charge is 0.479 e. The Morgan fingerprint density at radius 2 is 2.17 bits per heavy atom. The molecule has 1 aliphatic heterocycles. The van der Waals surface area contributed by atoms with Crippen molar-refractivity contribution in [2.75, 3.05) is 0 Å². The molecule has 2 aromatic heterocycles. The van der Waals surface area contributed by atoms with Gasteiger partial charge in [0.15, 0.2) is 6.04 Å². The van der Waals surface area contributed by atoms with Gasteiger partial charge < -0.3 is 15.0 Å². The van der Waals surface area contributed by atoms with Gasteiger partial charge in [0.2, 0.25) is 0 Å². The second-order valence-corrected chi connectivity index (χ2v) is 5.62. The first kappa shape index (κ1) is 13.6. The third-order valence-corrected chi connectivity index (χ3v) is 4.32. The number of hydrogen-bond acceptors (Lipinski definition) is 3. The molecule has 1 aromatic carbocycles. The van der Waals surface area contributed by atoms with Crippen molar-refractivity contribution in [1.82, 2.24) is 19.7 Å². The SMILES string of the molecule is Cn1ncc2c1CN(C(=O)c1ccc3cc[nH]c3c1)[C@H]2C(=O)O. The van der Waals surface area contributed by atoms with Crippen LogP contribution >= 0.6 is 0 Å². The van der Waals surface area contributed by atoms with Crippen molar-refractivity contribution in [3.63, 3.8) is 0 Å². The summed E-state index contributed by atoms with van der Waals surface area (Å²) in [6.07, 6.45) is 3.33. The number of benzene rings is 1. The minimum Gasteiger partial charge on any atom is -0.479 e. The maximum atomic E-state index is 12.8. The van der Waals surface area contributed by atoms with E-state index in [1.807, 2.05) is 12.1 Å². The molecule has 0 fully saturated rings. The zero-order chi connectivity index (χ0) is 16.1. The summed E-state index contributed by atoms with van der Waals surface area (Å²) in [5, 5.41) is 14.6. The number of aryl methyl sites for hydroxylation is 1. The number of nitrogens with one attached hydrogen (secondary N) is 1. The molecule has 1 atom stereocenters. The topological polar surface area (TPSA) is 91.2 Å². The van der Waals surface area contributed by atoms with E-state index in [9.17, 15) is 14.7 Å². The molecule has 0 radical (unpaired) electrons. The zero-order valence-electron chi connectivity index (χ0n) is 12.4. The number of aliphatic carboxylic acids is 1. The highest BCUT2D eigenvalue weighted by Crippen LogP contribution is 2.34. The number of aromatic nitrogens is 3. The van der Waals surface area contributed by atoms with Gasteiger partial charge in [-0.2, -0.15) is 5.10 Å². The van der Waals surface area contributed by atoms with Gasteiger partial charge in [0.25, 0.3) is 5.91 Å². The number of rotatable bonds is 2. The molecule has 0 saturated carbocycles. The summed E-state index contributed by atoms with van der Waals surface area (Å²) < 4.78 is 1.62. The van der Waals surface area contributed by atoms with Gasteiger partial charge >= 0.3 is 5.97 Å². The van der Waals surface area contributed by atoms with Gasteiger partial charge in [0.1, 0.15) is 0 Å². The minimum atomic E-state index is -1.05. The van der Waals surface area contributed by atoms with Crippen LogP contribution in [-0.2, 0) is 18.4 Å². The molecular formula is C16H14N4O3. The van der Waals surface area contributed by atoms with Gasteiger partial charge in [-0.25, -0.2) is 4.79 Å². The second-order valence-electron chi connectivity index (χ2n) is 5.62. The molecule has 3 aromatic rings. The summed E-state index contributed by atoms with van der Waals surface area (Å²) in [7, 11) is 1.75. The van der Waals surface area contributed by atoms with E-state index >= 15 is 0 Å². The van der Waals surface area contributed by atoms with Crippen LogP contribution in [0.5, 0.6) is 0 Å². The van der Waals surface area contributed by atoms with E-state index < -0.39 is 12.0 Å². The number of carboxylic acid groups (broad SMARTS) is 1. The van der Waals surface area contributed by atoms with Gasteiger partial charge in [-0.15, -0.1) is 0 Å². The average Bonchev–Trinajstić information content (AvgIpc) is 3.21. The second kappa shape index (κ2) is 4.70. The molecule has 0 aliphatic carbocycles. The van der Waals surface area contributed by atoms with Crippen LogP contribution in [-0.4, -0.2) is 36.6 Å². The van der Waals surface area contributed by atoms with Crippen molar-refractivity contribution in [3.05, 3.63) is 53.5 Å². The highest BCUT2D eigenvalue weighted by atomic mass is 16.4. The van der Waals surface area contributed by atoms with Crippen LogP contribution in [0.15, 0.2) is 36.7 Å². The number of aromatic amines is 1. The van der Waals surface area contributed by atoms with Gasteiger partial charge in [-0.3, -0.25) is 9.48 Å². The van der Waals surface area contributed by atoms with E-state index in [4.69, 9.17) is 0 Å². The lowest BCUT2D eigenvalue weighted by atomic mass is 10.1. The Morgan fingerprint density at radius 3 is 2.96 bits per heavy atom. The van der Waals surface area contributed by atoms with Crippen LogP contribution in [0.3, 0.4) is 0 Å².